The molecule has 3 heterocycles. The first-order chi connectivity index (χ1) is 8.25. The number of nitrogens with two attached hydrogens (primary N) is 1. The first kappa shape index (κ1) is 11.5. The highest BCUT2D eigenvalue weighted by molar-refractivity contribution is 5.80. The summed E-state index contributed by atoms with van der Waals surface area (Å²) < 4.78 is 0. The molecular formula is C13H23N3O. The molecule has 4 nitrogen and oxygen atoms in total. The number of piperidine rings is 2. The van der Waals surface area contributed by atoms with Gasteiger partial charge in [0.2, 0.25) is 5.91 Å². The van der Waals surface area contributed by atoms with Crippen LogP contribution in [-0.2, 0) is 4.79 Å². The maximum absolute atomic E-state index is 12.0. The topological polar surface area (TPSA) is 49.6 Å². The summed E-state index contributed by atoms with van der Waals surface area (Å²) in [6, 6.07) is 1.37. The fourth-order valence-corrected chi connectivity index (χ4v) is 3.72. The summed E-state index contributed by atoms with van der Waals surface area (Å²) in [7, 11) is 0. The zero-order valence-corrected chi connectivity index (χ0v) is 10.5. The number of fused-ring (bicyclic) bond motifs is 1. The van der Waals surface area contributed by atoms with Crippen molar-refractivity contribution in [1.29, 1.82) is 0 Å². The molecule has 2 atom stereocenters. The van der Waals surface area contributed by atoms with Crippen LogP contribution in [0, 0.1) is 0 Å². The van der Waals surface area contributed by atoms with Crippen LogP contribution in [0.4, 0.5) is 0 Å². The number of carbonyl (C=O) groups excluding carboxylic acids is 1. The Balaban J connectivity index is 1.68. The minimum Gasteiger partial charge on any atom is -0.338 e. The minimum absolute atomic E-state index is 0.380. The number of amides is 1. The van der Waals surface area contributed by atoms with Gasteiger partial charge in [0, 0.05) is 44.2 Å². The van der Waals surface area contributed by atoms with Gasteiger partial charge in [-0.2, -0.15) is 0 Å². The summed E-state index contributed by atoms with van der Waals surface area (Å²) in [5, 5.41) is 0. The standard InChI is InChI=1S/C13H23N3O/c14-10-4-7-15(8-5-10)12-9-13(17)16-6-2-1-3-11(12)16/h10-12H,1-9,14H2. The van der Waals surface area contributed by atoms with Crippen LogP contribution in [0.5, 0.6) is 0 Å². The van der Waals surface area contributed by atoms with Gasteiger partial charge < -0.3 is 10.6 Å². The van der Waals surface area contributed by atoms with Gasteiger partial charge >= 0.3 is 0 Å². The van der Waals surface area contributed by atoms with Crippen molar-refractivity contribution in [2.24, 2.45) is 5.73 Å². The molecule has 4 heteroatoms. The highest BCUT2D eigenvalue weighted by Gasteiger charge is 2.43. The van der Waals surface area contributed by atoms with E-state index in [1.807, 2.05) is 0 Å². The number of hydrogen-bond acceptors (Lipinski definition) is 3. The van der Waals surface area contributed by atoms with Gasteiger partial charge in [-0.25, -0.2) is 0 Å². The predicted octanol–water partition coefficient (Wildman–Crippen LogP) is 0.563. The van der Waals surface area contributed by atoms with Crippen molar-refractivity contribution in [3.63, 3.8) is 0 Å². The number of rotatable bonds is 1. The van der Waals surface area contributed by atoms with Gasteiger partial charge in [-0.3, -0.25) is 9.69 Å². The Hall–Kier alpha value is -0.610. The van der Waals surface area contributed by atoms with Crippen molar-refractivity contribution >= 4 is 5.91 Å². The average molecular weight is 237 g/mol. The van der Waals surface area contributed by atoms with Gasteiger partial charge in [0.15, 0.2) is 0 Å². The second kappa shape index (κ2) is 4.58. The van der Waals surface area contributed by atoms with Crippen LogP contribution in [-0.4, -0.2) is 53.5 Å². The van der Waals surface area contributed by atoms with Crippen LogP contribution < -0.4 is 5.73 Å². The molecule has 3 fully saturated rings. The van der Waals surface area contributed by atoms with E-state index in [1.54, 1.807) is 0 Å². The Morgan fingerprint density at radius 3 is 2.53 bits per heavy atom. The van der Waals surface area contributed by atoms with E-state index < -0.39 is 0 Å². The lowest BCUT2D eigenvalue weighted by Crippen LogP contribution is -2.51. The van der Waals surface area contributed by atoms with Crippen LogP contribution in [0.2, 0.25) is 0 Å². The average Bonchev–Trinajstić information content (AvgIpc) is 2.69. The third kappa shape index (κ3) is 2.08. The summed E-state index contributed by atoms with van der Waals surface area (Å²) >= 11 is 0. The summed E-state index contributed by atoms with van der Waals surface area (Å²) in [5.41, 5.74) is 5.95. The molecule has 3 aliphatic rings. The summed E-state index contributed by atoms with van der Waals surface area (Å²) in [4.78, 5) is 16.7. The Labute approximate surface area is 103 Å². The smallest absolute Gasteiger partial charge is 0.224 e. The largest absolute Gasteiger partial charge is 0.338 e. The number of nitrogens with zero attached hydrogens (tertiary/aromatic N) is 2. The van der Waals surface area contributed by atoms with E-state index >= 15 is 0 Å². The van der Waals surface area contributed by atoms with Crippen LogP contribution in [0.1, 0.15) is 38.5 Å². The fourth-order valence-electron chi connectivity index (χ4n) is 3.72. The van der Waals surface area contributed by atoms with Crippen LogP contribution in [0.3, 0.4) is 0 Å². The molecule has 0 spiro atoms. The van der Waals surface area contributed by atoms with E-state index in [0.29, 0.717) is 24.0 Å². The van der Waals surface area contributed by atoms with E-state index in [-0.39, 0.29) is 0 Å². The lowest BCUT2D eigenvalue weighted by molar-refractivity contribution is -0.129. The van der Waals surface area contributed by atoms with E-state index in [4.69, 9.17) is 5.73 Å². The first-order valence-electron chi connectivity index (χ1n) is 7.05. The van der Waals surface area contributed by atoms with Gasteiger partial charge in [0.25, 0.3) is 0 Å². The normalized spacial score (nSPS) is 36.3. The molecule has 0 saturated carbocycles. The molecule has 0 bridgehead atoms. The summed E-state index contributed by atoms with van der Waals surface area (Å²) in [6.07, 6.45) is 6.63. The summed E-state index contributed by atoms with van der Waals surface area (Å²) in [5.74, 6) is 0.384. The lowest BCUT2D eigenvalue weighted by Gasteiger charge is -2.40. The monoisotopic (exact) mass is 237 g/mol. The van der Waals surface area contributed by atoms with E-state index in [2.05, 4.69) is 9.80 Å². The minimum atomic E-state index is 0.380. The van der Waals surface area contributed by atoms with Crippen molar-refractivity contribution in [1.82, 2.24) is 9.80 Å². The third-order valence-corrected chi connectivity index (χ3v) is 4.74. The van der Waals surface area contributed by atoms with Crippen LogP contribution in [0.15, 0.2) is 0 Å². The fraction of sp³-hybridized carbons (Fsp3) is 0.923. The highest BCUT2D eigenvalue weighted by atomic mass is 16.2. The molecule has 3 rings (SSSR count). The van der Waals surface area contributed by atoms with Gasteiger partial charge in [0.05, 0.1) is 0 Å². The van der Waals surface area contributed by atoms with Gasteiger partial charge in [-0.15, -0.1) is 0 Å². The second-order valence-corrected chi connectivity index (χ2v) is 5.80. The van der Waals surface area contributed by atoms with Crippen LogP contribution >= 0.6 is 0 Å². The molecule has 17 heavy (non-hydrogen) atoms. The van der Waals surface area contributed by atoms with Crippen molar-refractivity contribution < 1.29 is 4.79 Å². The maximum Gasteiger partial charge on any atom is 0.224 e. The van der Waals surface area contributed by atoms with E-state index in [1.165, 1.54) is 19.3 Å². The molecular weight excluding hydrogens is 214 g/mol. The molecule has 0 radical (unpaired) electrons. The molecule has 0 aliphatic carbocycles. The van der Waals surface area contributed by atoms with Gasteiger partial charge in [0.1, 0.15) is 0 Å². The molecule has 3 aliphatic heterocycles. The Morgan fingerprint density at radius 1 is 1.00 bits per heavy atom. The van der Waals surface area contributed by atoms with Gasteiger partial charge in [-0.05, 0) is 32.1 Å². The highest BCUT2D eigenvalue weighted by Crippen LogP contribution is 2.32. The number of carbonyl (C=O) groups is 1. The second-order valence-electron chi connectivity index (χ2n) is 5.80. The lowest BCUT2D eigenvalue weighted by atomic mass is 9.95. The SMILES string of the molecule is NC1CCN(C2CC(=O)N3CCCCC23)CC1. The molecule has 96 valence electrons. The number of likely N-dealkylation sites (tertiary alicyclic amines) is 1. The molecule has 2 N–H and O–H groups in total. The van der Waals surface area contributed by atoms with E-state index in [9.17, 15) is 4.79 Å². The van der Waals surface area contributed by atoms with E-state index in [0.717, 1.165) is 38.9 Å². The summed E-state index contributed by atoms with van der Waals surface area (Å²) in [6.45, 7) is 3.17. The van der Waals surface area contributed by atoms with Crippen molar-refractivity contribution in [3.8, 4) is 0 Å². The van der Waals surface area contributed by atoms with Crippen molar-refractivity contribution in [3.05, 3.63) is 0 Å². The Kier molecular flexibility index (Phi) is 3.09. The zero-order chi connectivity index (χ0) is 11.8. The van der Waals surface area contributed by atoms with Gasteiger partial charge in [-0.1, -0.05) is 0 Å². The van der Waals surface area contributed by atoms with Crippen molar-refractivity contribution in [2.75, 3.05) is 19.6 Å². The molecule has 0 aromatic heterocycles. The predicted molar refractivity (Wildman–Crippen MR) is 66.5 cm³/mol. The third-order valence-electron chi connectivity index (χ3n) is 4.74. The Bertz CT molecular complexity index is 299. The molecule has 0 aromatic rings. The Morgan fingerprint density at radius 2 is 1.76 bits per heavy atom. The maximum atomic E-state index is 12.0. The van der Waals surface area contributed by atoms with Crippen LogP contribution in [0.25, 0.3) is 0 Å². The van der Waals surface area contributed by atoms with Crippen molar-refractivity contribution in [2.45, 2.75) is 56.7 Å². The molecule has 0 aromatic carbocycles. The number of hydrogen-bond donors (Lipinski definition) is 1. The molecule has 3 saturated heterocycles. The molecule has 2 unspecified atom stereocenters. The quantitative estimate of drug-likeness (QED) is 0.725. The zero-order valence-electron chi connectivity index (χ0n) is 10.5. The first-order valence-corrected chi connectivity index (χ1v) is 7.05. The molecule has 1 amide bonds.